The van der Waals surface area contributed by atoms with Crippen molar-refractivity contribution in [2.24, 2.45) is 0 Å². The summed E-state index contributed by atoms with van der Waals surface area (Å²) in [6.45, 7) is 3.65. The summed E-state index contributed by atoms with van der Waals surface area (Å²) in [6, 6.07) is 1.81. The summed E-state index contributed by atoms with van der Waals surface area (Å²) in [5.74, 6) is 0.0852. The Balaban J connectivity index is 0.000000235. The van der Waals surface area contributed by atoms with Crippen molar-refractivity contribution in [2.75, 3.05) is 41.4 Å². The molecular weight excluding hydrogens is 579 g/mol. The lowest BCUT2D eigenvalue weighted by Gasteiger charge is -2.40. The van der Waals surface area contributed by atoms with Crippen molar-refractivity contribution in [3.8, 4) is 0 Å². The maximum atomic E-state index is 13.8. The molecule has 1 fully saturated rings. The van der Waals surface area contributed by atoms with Gasteiger partial charge in [-0.3, -0.25) is 23.7 Å². The fourth-order valence-electron chi connectivity index (χ4n) is 5.34. The van der Waals surface area contributed by atoms with Gasteiger partial charge in [-0.05, 0) is 31.4 Å². The van der Waals surface area contributed by atoms with Crippen LogP contribution in [0.2, 0.25) is 0 Å². The third-order valence-electron chi connectivity index (χ3n) is 7.43. The molecule has 0 amide bonds. The number of morpholine rings is 1. The standard InChI is InChI=1S/C19H21F4N5O2.C8H10FN3O/c1-12-11-30-5-4-26(12)16-7-17(29)27-3-2-15(19(21,22)23)28(18(27)25-16)10-13-6-14(20)9-24-8-13;9-5-6-4-7(13)12-3-1-2-10-8(12)11-6/h6-9,12,15H,2-5,10-11H2,1H3;4H,1-3,5H2,(H,10,11)/t12-,15+;/m1./s1. The largest absolute Gasteiger partial charge is 0.408 e. The first-order valence-corrected chi connectivity index (χ1v) is 13.8. The summed E-state index contributed by atoms with van der Waals surface area (Å²) in [6.07, 6.45) is -1.64. The van der Waals surface area contributed by atoms with E-state index in [4.69, 9.17) is 4.74 Å². The Bertz CT molecular complexity index is 1560. The molecule has 0 bridgehead atoms. The van der Waals surface area contributed by atoms with Crippen LogP contribution in [0.3, 0.4) is 0 Å². The zero-order chi connectivity index (χ0) is 30.7. The van der Waals surface area contributed by atoms with Crippen LogP contribution in [0.25, 0.3) is 0 Å². The number of hydrogen-bond donors (Lipinski definition) is 1. The predicted octanol–water partition coefficient (Wildman–Crippen LogP) is 2.87. The van der Waals surface area contributed by atoms with Crippen LogP contribution in [0, 0.1) is 5.82 Å². The lowest BCUT2D eigenvalue weighted by molar-refractivity contribution is -0.153. The van der Waals surface area contributed by atoms with Crippen LogP contribution >= 0.6 is 0 Å². The Hall–Kier alpha value is -4.08. The number of aromatic nitrogens is 5. The van der Waals surface area contributed by atoms with Gasteiger partial charge in [0.2, 0.25) is 11.9 Å². The fourth-order valence-corrected chi connectivity index (χ4v) is 5.34. The van der Waals surface area contributed by atoms with E-state index in [1.54, 1.807) is 0 Å². The molecule has 3 aliphatic rings. The molecule has 16 heteroatoms. The van der Waals surface area contributed by atoms with Gasteiger partial charge in [0.25, 0.3) is 11.1 Å². The van der Waals surface area contributed by atoms with Crippen LogP contribution in [0.15, 0.2) is 40.2 Å². The van der Waals surface area contributed by atoms with E-state index in [1.165, 1.54) is 27.5 Å². The summed E-state index contributed by atoms with van der Waals surface area (Å²) in [7, 11) is 0. The van der Waals surface area contributed by atoms with E-state index in [-0.39, 0.29) is 48.3 Å². The van der Waals surface area contributed by atoms with Gasteiger partial charge >= 0.3 is 6.18 Å². The molecule has 0 aliphatic carbocycles. The van der Waals surface area contributed by atoms with Crippen molar-refractivity contribution >= 4 is 17.7 Å². The molecule has 0 spiro atoms. The highest BCUT2D eigenvalue weighted by atomic mass is 19.4. The molecule has 1 saturated heterocycles. The molecule has 0 unspecified atom stereocenters. The Morgan fingerprint density at radius 2 is 1.84 bits per heavy atom. The number of nitrogens with one attached hydrogen (secondary N) is 1. The molecule has 0 saturated carbocycles. The first-order valence-electron chi connectivity index (χ1n) is 13.8. The highest BCUT2D eigenvalue weighted by Gasteiger charge is 2.47. The lowest BCUT2D eigenvalue weighted by Crippen LogP contribution is -2.52. The normalized spacial score (nSPS) is 20.0. The third-order valence-corrected chi connectivity index (χ3v) is 7.43. The summed E-state index contributed by atoms with van der Waals surface area (Å²) >= 11 is 0. The van der Waals surface area contributed by atoms with Crippen molar-refractivity contribution in [3.05, 3.63) is 68.4 Å². The van der Waals surface area contributed by atoms with Crippen LogP contribution in [0.4, 0.5) is 39.7 Å². The molecule has 3 aliphatic heterocycles. The van der Waals surface area contributed by atoms with Crippen LogP contribution in [-0.4, -0.2) is 68.6 Å². The third kappa shape index (κ3) is 6.78. The van der Waals surface area contributed by atoms with E-state index >= 15 is 0 Å². The number of alkyl halides is 4. The van der Waals surface area contributed by atoms with E-state index in [0.717, 1.165) is 30.1 Å². The van der Waals surface area contributed by atoms with Crippen LogP contribution in [0.1, 0.15) is 31.0 Å². The van der Waals surface area contributed by atoms with Crippen LogP contribution in [0.5, 0.6) is 0 Å². The van der Waals surface area contributed by atoms with Crippen molar-refractivity contribution < 1.29 is 26.7 Å². The van der Waals surface area contributed by atoms with Crippen molar-refractivity contribution in [1.82, 2.24) is 24.1 Å². The molecule has 3 aromatic heterocycles. The van der Waals surface area contributed by atoms with Gasteiger partial charge in [0, 0.05) is 51.1 Å². The molecular formula is C27H31F5N8O3. The number of rotatable bonds is 4. The molecule has 43 heavy (non-hydrogen) atoms. The van der Waals surface area contributed by atoms with Gasteiger partial charge in [-0.15, -0.1) is 0 Å². The van der Waals surface area contributed by atoms with Crippen molar-refractivity contribution in [3.63, 3.8) is 0 Å². The lowest BCUT2D eigenvalue weighted by atomic mass is 10.1. The number of anilines is 3. The summed E-state index contributed by atoms with van der Waals surface area (Å²) in [4.78, 5) is 39.1. The molecule has 11 nitrogen and oxygen atoms in total. The number of halogens is 5. The van der Waals surface area contributed by atoms with Crippen LogP contribution < -0.4 is 26.2 Å². The van der Waals surface area contributed by atoms with E-state index in [0.29, 0.717) is 38.1 Å². The smallest absolute Gasteiger partial charge is 0.377 e. The Morgan fingerprint density at radius 1 is 1.05 bits per heavy atom. The maximum absolute atomic E-state index is 13.8. The fraction of sp³-hybridized carbons (Fsp3) is 0.519. The van der Waals surface area contributed by atoms with E-state index < -0.39 is 30.3 Å². The van der Waals surface area contributed by atoms with Crippen molar-refractivity contribution in [2.45, 2.75) is 64.3 Å². The molecule has 6 heterocycles. The Morgan fingerprint density at radius 3 is 2.56 bits per heavy atom. The van der Waals surface area contributed by atoms with Gasteiger partial charge < -0.3 is 19.9 Å². The summed E-state index contributed by atoms with van der Waals surface area (Å²) in [5, 5.41) is 2.96. The second-order valence-corrected chi connectivity index (χ2v) is 10.5. The summed E-state index contributed by atoms with van der Waals surface area (Å²) < 4.78 is 75.4. The van der Waals surface area contributed by atoms with Crippen LogP contribution in [-0.2, 0) is 31.0 Å². The topological polar surface area (TPSA) is 110 Å². The van der Waals surface area contributed by atoms with Gasteiger partial charge in [0.05, 0.1) is 31.1 Å². The minimum Gasteiger partial charge on any atom is -0.377 e. The minimum absolute atomic E-state index is 0.0726. The average molecular weight is 611 g/mol. The highest BCUT2D eigenvalue weighted by molar-refractivity contribution is 5.48. The molecule has 3 aromatic rings. The molecule has 1 N–H and O–H groups in total. The maximum Gasteiger partial charge on any atom is 0.408 e. The van der Waals surface area contributed by atoms with Gasteiger partial charge in [-0.2, -0.15) is 18.2 Å². The van der Waals surface area contributed by atoms with Gasteiger partial charge in [0.15, 0.2) is 0 Å². The van der Waals surface area contributed by atoms with Gasteiger partial charge in [0.1, 0.15) is 24.4 Å². The molecule has 2 atom stereocenters. The molecule has 6 rings (SSSR count). The van der Waals surface area contributed by atoms with E-state index in [1.807, 2.05) is 11.8 Å². The Kier molecular flexibility index (Phi) is 8.94. The zero-order valence-corrected chi connectivity index (χ0v) is 23.4. The number of nitrogens with zero attached hydrogens (tertiary/aromatic N) is 7. The predicted molar refractivity (Wildman–Crippen MR) is 147 cm³/mol. The second kappa shape index (κ2) is 12.7. The molecule has 0 aromatic carbocycles. The number of hydrogen-bond acceptors (Lipinski definition) is 9. The van der Waals surface area contributed by atoms with E-state index in [9.17, 15) is 31.5 Å². The van der Waals surface area contributed by atoms with Gasteiger partial charge in [-0.1, -0.05) is 0 Å². The Labute approximate surface area is 242 Å². The molecule has 232 valence electrons. The minimum atomic E-state index is -4.54. The number of fused-ring (bicyclic) bond motifs is 2. The van der Waals surface area contributed by atoms with E-state index in [2.05, 4.69) is 20.3 Å². The first-order chi connectivity index (χ1) is 20.5. The second-order valence-electron chi connectivity index (χ2n) is 10.5. The quantitative estimate of drug-likeness (QED) is 0.446. The highest BCUT2D eigenvalue weighted by Crippen LogP contribution is 2.35. The SMILES string of the molecule is C[C@@H]1COCCN1c1cc(=O)n2c(n1)N(Cc1cncc(F)c1)[C@H](C(F)(F)F)CC2.O=c1cc(CF)nc2n1CCCN2. The van der Waals surface area contributed by atoms with Gasteiger partial charge in [-0.25, -0.2) is 13.8 Å². The van der Waals surface area contributed by atoms with Crippen molar-refractivity contribution in [1.29, 1.82) is 0 Å². The summed E-state index contributed by atoms with van der Waals surface area (Å²) in [5.41, 5.74) is -0.135. The molecule has 0 radical (unpaired) electrons. The average Bonchev–Trinajstić information content (AvgIpc) is 2.97. The zero-order valence-electron chi connectivity index (χ0n) is 23.4. The monoisotopic (exact) mass is 610 g/mol. The first kappa shape index (κ1) is 30.4. The number of pyridine rings is 1. The number of ether oxygens (including phenoxy) is 1.